The van der Waals surface area contributed by atoms with Crippen LogP contribution in [0.15, 0.2) is 109 Å². The van der Waals surface area contributed by atoms with Crippen molar-refractivity contribution in [3.8, 4) is 5.69 Å². The fourth-order valence-corrected chi connectivity index (χ4v) is 3.16. The second-order valence-corrected chi connectivity index (χ2v) is 6.37. The second-order valence-electron chi connectivity index (χ2n) is 6.37. The van der Waals surface area contributed by atoms with E-state index < -0.39 is 0 Å². The number of carbonyl (C=O) groups is 1. The van der Waals surface area contributed by atoms with Crippen molar-refractivity contribution in [1.82, 2.24) is 9.88 Å². The molecule has 0 unspecified atom stereocenters. The van der Waals surface area contributed by atoms with Gasteiger partial charge in [-0.3, -0.25) is 4.79 Å². The predicted octanol–water partition coefficient (Wildman–Crippen LogP) is 5.00. The van der Waals surface area contributed by atoms with Crippen molar-refractivity contribution in [2.24, 2.45) is 0 Å². The van der Waals surface area contributed by atoms with E-state index in [0.29, 0.717) is 5.56 Å². The molecule has 0 spiro atoms. The maximum atomic E-state index is 12.9. The van der Waals surface area contributed by atoms with Crippen molar-refractivity contribution in [1.29, 1.82) is 0 Å². The van der Waals surface area contributed by atoms with E-state index >= 15 is 0 Å². The molecule has 0 fully saturated rings. The minimum absolute atomic E-state index is 0.0910. The number of benzene rings is 3. The summed E-state index contributed by atoms with van der Waals surface area (Å²) in [4.78, 5) is 12.9. The van der Waals surface area contributed by atoms with Gasteiger partial charge in [0.25, 0.3) is 5.91 Å². The van der Waals surface area contributed by atoms with Gasteiger partial charge in [-0.15, -0.1) is 0 Å². The summed E-state index contributed by atoms with van der Waals surface area (Å²) < 4.78 is 2.01. The molecule has 0 aliphatic rings. The number of nitrogens with zero attached hydrogens (tertiary/aromatic N) is 1. The summed E-state index contributed by atoms with van der Waals surface area (Å²) in [7, 11) is 0. The van der Waals surface area contributed by atoms with Gasteiger partial charge in [0.1, 0.15) is 0 Å². The molecular formula is C24H20N2O. The van der Waals surface area contributed by atoms with Gasteiger partial charge in [-0.1, -0.05) is 60.7 Å². The minimum atomic E-state index is -0.191. The van der Waals surface area contributed by atoms with Crippen molar-refractivity contribution < 1.29 is 4.79 Å². The van der Waals surface area contributed by atoms with E-state index in [9.17, 15) is 4.79 Å². The Hall–Kier alpha value is -3.59. The molecule has 0 saturated carbocycles. The van der Waals surface area contributed by atoms with E-state index in [1.165, 1.54) is 0 Å². The summed E-state index contributed by atoms with van der Waals surface area (Å²) in [6, 6.07) is 31.4. The zero-order valence-electron chi connectivity index (χ0n) is 14.8. The van der Waals surface area contributed by atoms with Crippen LogP contribution in [0.4, 0.5) is 0 Å². The molecule has 1 aromatic heterocycles. The summed E-state index contributed by atoms with van der Waals surface area (Å²) in [6.45, 7) is 0. The molecule has 0 aliphatic carbocycles. The third-order valence-corrected chi connectivity index (χ3v) is 4.57. The van der Waals surface area contributed by atoms with E-state index in [4.69, 9.17) is 0 Å². The van der Waals surface area contributed by atoms with Crippen LogP contribution in [0.3, 0.4) is 0 Å². The van der Waals surface area contributed by atoms with Crippen molar-refractivity contribution in [3.63, 3.8) is 0 Å². The lowest BCUT2D eigenvalue weighted by Gasteiger charge is -2.20. The van der Waals surface area contributed by atoms with E-state index in [0.717, 1.165) is 16.8 Å². The lowest BCUT2D eigenvalue weighted by Crippen LogP contribution is -2.29. The van der Waals surface area contributed by atoms with Gasteiger partial charge in [-0.05, 0) is 47.5 Å². The van der Waals surface area contributed by atoms with Gasteiger partial charge < -0.3 is 9.88 Å². The average Bonchev–Trinajstić information content (AvgIpc) is 3.28. The Labute approximate surface area is 158 Å². The Bertz CT molecular complexity index is 952. The van der Waals surface area contributed by atoms with Gasteiger partial charge in [0.05, 0.1) is 6.04 Å². The summed E-state index contributed by atoms with van der Waals surface area (Å²) in [5.41, 5.74) is 3.78. The first-order valence-electron chi connectivity index (χ1n) is 8.95. The summed E-state index contributed by atoms with van der Waals surface area (Å²) in [5, 5.41) is 3.17. The molecule has 0 bridgehead atoms. The summed E-state index contributed by atoms with van der Waals surface area (Å²) in [6.07, 6.45) is 3.96. The number of amides is 1. The molecule has 1 heterocycles. The first-order valence-corrected chi connectivity index (χ1v) is 8.95. The Morgan fingerprint density at radius 3 is 1.70 bits per heavy atom. The van der Waals surface area contributed by atoms with Crippen LogP contribution < -0.4 is 5.32 Å². The Balaban J connectivity index is 1.58. The predicted molar refractivity (Wildman–Crippen MR) is 108 cm³/mol. The molecule has 1 N–H and O–H groups in total. The van der Waals surface area contributed by atoms with Gasteiger partial charge in [-0.25, -0.2) is 0 Å². The van der Waals surface area contributed by atoms with Gasteiger partial charge >= 0.3 is 0 Å². The molecule has 4 rings (SSSR count). The molecule has 0 saturated heterocycles. The van der Waals surface area contributed by atoms with Crippen molar-refractivity contribution in [2.75, 3.05) is 0 Å². The minimum Gasteiger partial charge on any atom is -0.341 e. The SMILES string of the molecule is O=C(NC(c1ccccc1)c1ccccc1)c1ccc(-n2cccc2)cc1. The highest BCUT2D eigenvalue weighted by atomic mass is 16.1. The third kappa shape index (κ3) is 3.82. The normalized spacial score (nSPS) is 10.7. The zero-order valence-corrected chi connectivity index (χ0v) is 14.8. The quantitative estimate of drug-likeness (QED) is 0.539. The Kier molecular flexibility index (Phi) is 4.84. The smallest absolute Gasteiger partial charge is 0.252 e. The monoisotopic (exact) mass is 352 g/mol. The largest absolute Gasteiger partial charge is 0.341 e. The van der Waals surface area contributed by atoms with Crippen LogP contribution in [-0.4, -0.2) is 10.5 Å². The van der Waals surface area contributed by atoms with Crippen LogP contribution in [0.25, 0.3) is 5.69 Å². The van der Waals surface area contributed by atoms with Crippen molar-refractivity contribution >= 4 is 5.91 Å². The maximum Gasteiger partial charge on any atom is 0.252 e. The Morgan fingerprint density at radius 2 is 1.19 bits per heavy atom. The van der Waals surface area contributed by atoms with Crippen LogP contribution in [0, 0.1) is 0 Å². The maximum absolute atomic E-state index is 12.9. The van der Waals surface area contributed by atoms with E-state index in [1.54, 1.807) is 0 Å². The van der Waals surface area contributed by atoms with Crippen molar-refractivity contribution in [2.45, 2.75) is 6.04 Å². The van der Waals surface area contributed by atoms with Crippen LogP contribution in [-0.2, 0) is 0 Å². The molecule has 3 nitrogen and oxygen atoms in total. The molecule has 3 heteroatoms. The molecule has 0 aliphatic heterocycles. The Morgan fingerprint density at radius 1 is 0.667 bits per heavy atom. The molecule has 4 aromatic rings. The molecule has 1 amide bonds. The molecular weight excluding hydrogens is 332 g/mol. The summed E-state index contributed by atoms with van der Waals surface area (Å²) >= 11 is 0. The van der Waals surface area contributed by atoms with Crippen LogP contribution >= 0.6 is 0 Å². The fourth-order valence-electron chi connectivity index (χ4n) is 3.16. The van der Waals surface area contributed by atoms with Crippen LogP contribution in [0.1, 0.15) is 27.5 Å². The van der Waals surface area contributed by atoms with Gasteiger partial charge in [0.2, 0.25) is 0 Å². The highest BCUT2D eigenvalue weighted by Gasteiger charge is 2.17. The van der Waals surface area contributed by atoms with Gasteiger partial charge in [0.15, 0.2) is 0 Å². The third-order valence-electron chi connectivity index (χ3n) is 4.57. The van der Waals surface area contributed by atoms with Crippen LogP contribution in [0.2, 0.25) is 0 Å². The number of nitrogens with one attached hydrogen (secondary N) is 1. The van der Waals surface area contributed by atoms with E-state index in [1.807, 2.05) is 114 Å². The lowest BCUT2D eigenvalue weighted by atomic mass is 9.98. The highest BCUT2D eigenvalue weighted by Crippen LogP contribution is 2.22. The zero-order chi connectivity index (χ0) is 18.5. The standard InChI is InChI=1S/C24H20N2O/c27-24(21-13-15-22(16-14-21)26-17-7-8-18-26)25-23(19-9-3-1-4-10-19)20-11-5-2-6-12-20/h1-18,23H,(H,25,27). The van der Waals surface area contributed by atoms with E-state index in [2.05, 4.69) is 5.32 Å². The fraction of sp³-hybridized carbons (Fsp3) is 0.0417. The lowest BCUT2D eigenvalue weighted by molar-refractivity contribution is 0.0943. The van der Waals surface area contributed by atoms with E-state index in [-0.39, 0.29) is 11.9 Å². The molecule has 27 heavy (non-hydrogen) atoms. The van der Waals surface area contributed by atoms with Crippen molar-refractivity contribution in [3.05, 3.63) is 126 Å². The summed E-state index contributed by atoms with van der Waals surface area (Å²) in [5.74, 6) is -0.0910. The number of hydrogen-bond donors (Lipinski definition) is 1. The number of aromatic nitrogens is 1. The van der Waals surface area contributed by atoms with Crippen LogP contribution in [0.5, 0.6) is 0 Å². The number of hydrogen-bond acceptors (Lipinski definition) is 1. The highest BCUT2D eigenvalue weighted by molar-refractivity contribution is 5.94. The van der Waals surface area contributed by atoms with Gasteiger partial charge in [-0.2, -0.15) is 0 Å². The first-order chi connectivity index (χ1) is 13.3. The van der Waals surface area contributed by atoms with Gasteiger partial charge in [0, 0.05) is 23.6 Å². The molecule has 3 aromatic carbocycles. The number of rotatable bonds is 5. The second kappa shape index (κ2) is 7.75. The molecule has 0 radical (unpaired) electrons. The first kappa shape index (κ1) is 16.9. The topological polar surface area (TPSA) is 34.0 Å². The molecule has 132 valence electrons. The number of carbonyl (C=O) groups excluding carboxylic acids is 1. The average molecular weight is 352 g/mol. The molecule has 0 atom stereocenters.